The van der Waals surface area contributed by atoms with Crippen molar-refractivity contribution < 1.29 is 0 Å². The van der Waals surface area contributed by atoms with Crippen molar-refractivity contribution in [2.24, 2.45) is 5.73 Å². The summed E-state index contributed by atoms with van der Waals surface area (Å²) in [7, 11) is 0. The Hall–Kier alpha value is -0.290. The monoisotopic (exact) mass is 391 g/mol. The highest BCUT2D eigenvalue weighted by atomic mass is 127. The Balaban J connectivity index is 2.24. The van der Waals surface area contributed by atoms with E-state index in [1.807, 2.05) is 30.3 Å². The predicted molar refractivity (Wildman–Crippen MR) is 86.3 cm³/mol. The van der Waals surface area contributed by atoms with Gasteiger partial charge in [-0.05, 0) is 52.3 Å². The fraction of sp³-hybridized carbons (Fsp3) is 0.143. The van der Waals surface area contributed by atoms with Crippen molar-refractivity contribution in [1.29, 1.82) is 0 Å². The number of benzene rings is 2. The van der Waals surface area contributed by atoms with Gasteiger partial charge in [-0.25, -0.2) is 0 Å². The third-order valence-corrected chi connectivity index (χ3v) is 4.62. The third-order valence-electron chi connectivity index (χ3n) is 2.78. The van der Waals surface area contributed by atoms with Crippen molar-refractivity contribution in [3.63, 3.8) is 0 Å². The van der Waals surface area contributed by atoms with Gasteiger partial charge < -0.3 is 5.73 Å². The van der Waals surface area contributed by atoms with Gasteiger partial charge in [0.2, 0.25) is 0 Å². The van der Waals surface area contributed by atoms with Crippen LogP contribution in [0, 0.1) is 3.57 Å². The number of nitrogens with two attached hydrogens (primary N) is 1. The molecule has 0 heterocycles. The molecule has 2 aromatic carbocycles. The molecule has 0 bridgehead atoms. The minimum atomic E-state index is -0.0749. The quantitative estimate of drug-likeness (QED) is 0.744. The first-order valence-corrected chi connectivity index (χ1v) is 7.36. The lowest BCUT2D eigenvalue weighted by molar-refractivity contribution is 0.718. The van der Waals surface area contributed by atoms with E-state index in [0.717, 1.165) is 11.1 Å². The number of hydrogen-bond donors (Lipinski definition) is 1. The Kier molecular flexibility index (Phi) is 4.90. The molecule has 0 aliphatic rings. The average Bonchev–Trinajstić information content (AvgIpc) is 2.35. The minimum Gasteiger partial charge on any atom is -0.324 e. The van der Waals surface area contributed by atoms with E-state index in [4.69, 9.17) is 28.9 Å². The van der Waals surface area contributed by atoms with Crippen LogP contribution in [0.25, 0.3) is 0 Å². The van der Waals surface area contributed by atoms with Gasteiger partial charge in [-0.3, -0.25) is 0 Å². The summed E-state index contributed by atoms with van der Waals surface area (Å²) in [6.45, 7) is 0. The molecular formula is C14H12Cl2IN. The topological polar surface area (TPSA) is 26.0 Å². The number of halogens is 3. The zero-order chi connectivity index (χ0) is 13.1. The summed E-state index contributed by atoms with van der Waals surface area (Å²) >= 11 is 14.5. The number of rotatable bonds is 3. The average molecular weight is 392 g/mol. The molecule has 0 radical (unpaired) electrons. The minimum absolute atomic E-state index is 0.0749. The number of hydrogen-bond acceptors (Lipinski definition) is 1. The van der Waals surface area contributed by atoms with E-state index in [1.165, 1.54) is 3.57 Å². The van der Waals surface area contributed by atoms with Crippen LogP contribution < -0.4 is 5.73 Å². The molecule has 0 fully saturated rings. The zero-order valence-electron chi connectivity index (χ0n) is 9.54. The lowest BCUT2D eigenvalue weighted by Crippen LogP contribution is -2.14. The molecule has 4 heteroatoms. The Morgan fingerprint density at radius 3 is 2.50 bits per heavy atom. The van der Waals surface area contributed by atoms with E-state index in [-0.39, 0.29) is 6.04 Å². The highest BCUT2D eigenvalue weighted by Crippen LogP contribution is 2.29. The van der Waals surface area contributed by atoms with Crippen LogP contribution in [0.2, 0.25) is 10.0 Å². The van der Waals surface area contributed by atoms with E-state index in [2.05, 4.69) is 28.7 Å². The predicted octanol–water partition coefficient (Wildman–Crippen LogP) is 4.84. The molecular weight excluding hydrogens is 380 g/mol. The van der Waals surface area contributed by atoms with E-state index in [9.17, 15) is 0 Å². The van der Waals surface area contributed by atoms with Crippen molar-refractivity contribution in [1.82, 2.24) is 0 Å². The molecule has 0 saturated heterocycles. The van der Waals surface area contributed by atoms with Crippen molar-refractivity contribution in [3.05, 3.63) is 67.2 Å². The molecule has 0 amide bonds. The molecule has 1 nitrogen and oxygen atoms in total. The van der Waals surface area contributed by atoms with Crippen LogP contribution in [-0.2, 0) is 6.42 Å². The molecule has 0 aliphatic carbocycles. The molecule has 2 aromatic rings. The summed E-state index contributed by atoms with van der Waals surface area (Å²) in [5.41, 5.74) is 8.36. The van der Waals surface area contributed by atoms with Crippen LogP contribution in [0.3, 0.4) is 0 Å². The summed E-state index contributed by atoms with van der Waals surface area (Å²) in [5.74, 6) is 0. The van der Waals surface area contributed by atoms with Gasteiger partial charge in [0.25, 0.3) is 0 Å². The van der Waals surface area contributed by atoms with E-state index in [1.54, 1.807) is 6.07 Å². The van der Waals surface area contributed by atoms with Crippen LogP contribution in [0.1, 0.15) is 17.2 Å². The van der Waals surface area contributed by atoms with Gasteiger partial charge in [0.15, 0.2) is 0 Å². The maximum absolute atomic E-state index is 6.24. The Morgan fingerprint density at radius 2 is 1.78 bits per heavy atom. The van der Waals surface area contributed by atoms with Gasteiger partial charge in [-0.15, -0.1) is 0 Å². The van der Waals surface area contributed by atoms with Crippen LogP contribution >= 0.6 is 45.8 Å². The fourth-order valence-corrected chi connectivity index (χ4v) is 3.01. The first-order chi connectivity index (χ1) is 8.59. The molecule has 0 saturated carbocycles. The maximum Gasteiger partial charge on any atom is 0.0624 e. The lowest BCUT2D eigenvalue weighted by atomic mass is 10.00. The second-order valence-electron chi connectivity index (χ2n) is 4.05. The summed E-state index contributed by atoms with van der Waals surface area (Å²) in [4.78, 5) is 0. The SMILES string of the molecule is NC(Cc1cccc(Cl)c1Cl)c1ccccc1I. The molecule has 1 atom stereocenters. The zero-order valence-corrected chi connectivity index (χ0v) is 13.2. The summed E-state index contributed by atoms with van der Waals surface area (Å²) < 4.78 is 1.17. The van der Waals surface area contributed by atoms with Gasteiger partial charge >= 0.3 is 0 Å². The van der Waals surface area contributed by atoms with E-state index < -0.39 is 0 Å². The van der Waals surface area contributed by atoms with Crippen molar-refractivity contribution in [3.8, 4) is 0 Å². The Labute approximate surface area is 130 Å². The second kappa shape index (κ2) is 6.24. The third kappa shape index (κ3) is 3.18. The molecule has 1 unspecified atom stereocenters. The standard InChI is InChI=1S/C14H12Cl2IN/c15-11-6-3-4-9(14(11)16)8-13(18)10-5-1-2-7-12(10)17/h1-7,13H,8,18H2. The summed E-state index contributed by atoms with van der Waals surface area (Å²) in [5, 5.41) is 1.17. The van der Waals surface area contributed by atoms with Crippen molar-refractivity contribution in [2.75, 3.05) is 0 Å². The normalized spacial score (nSPS) is 12.4. The Bertz CT molecular complexity index is 557. The van der Waals surface area contributed by atoms with Crippen molar-refractivity contribution >= 4 is 45.8 Å². The summed E-state index contributed by atoms with van der Waals surface area (Å²) in [6, 6.07) is 13.7. The highest BCUT2D eigenvalue weighted by molar-refractivity contribution is 14.1. The highest BCUT2D eigenvalue weighted by Gasteiger charge is 2.13. The fourth-order valence-electron chi connectivity index (χ4n) is 1.83. The molecule has 0 spiro atoms. The van der Waals surface area contributed by atoms with Gasteiger partial charge in [0, 0.05) is 9.61 Å². The van der Waals surface area contributed by atoms with Gasteiger partial charge in [-0.2, -0.15) is 0 Å². The molecule has 0 aliphatic heterocycles. The van der Waals surface area contributed by atoms with Crippen LogP contribution in [0.4, 0.5) is 0 Å². The van der Waals surface area contributed by atoms with Crippen LogP contribution in [0.15, 0.2) is 42.5 Å². The largest absolute Gasteiger partial charge is 0.324 e. The maximum atomic E-state index is 6.24. The summed E-state index contributed by atoms with van der Waals surface area (Å²) in [6.07, 6.45) is 0.680. The molecule has 2 N–H and O–H groups in total. The van der Waals surface area contributed by atoms with Crippen LogP contribution in [-0.4, -0.2) is 0 Å². The molecule has 0 aromatic heterocycles. The first-order valence-electron chi connectivity index (χ1n) is 5.52. The lowest BCUT2D eigenvalue weighted by Gasteiger charge is -2.15. The van der Waals surface area contributed by atoms with Crippen molar-refractivity contribution in [2.45, 2.75) is 12.5 Å². The van der Waals surface area contributed by atoms with Gasteiger partial charge in [0.1, 0.15) is 0 Å². The molecule has 2 rings (SSSR count). The second-order valence-corrected chi connectivity index (χ2v) is 5.99. The van der Waals surface area contributed by atoms with E-state index in [0.29, 0.717) is 16.5 Å². The van der Waals surface area contributed by atoms with Gasteiger partial charge in [0.05, 0.1) is 10.0 Å². The first kappa shape index (κ1) is 14.1. The smallest absolute Gasteiger partial charge is 0.0624 e. The van der Waals surface area contributed by atoms with Gasteiger partial charge in [-0.1, -0.05) is 53.5 Å². The molecule has 18 heavy (non-hydrogen) atoms. The van der Waals surface area contributed by atoms with Crippen LogP contribution in [0.5, 0.6) is 0 Å². The Morgan fingerprint density at radius 1 is 1.06 bits per heavy atom. The van der Waals surface area contributed by atoms with E-state index >= 15 is 0 Å². The molecule has 94 valence electrons.